The van der Waals surface area contributed by atoms with Gasteiger partial charge in [0.2, 0.25) is 23.6 Å². The van der Waals surface area contributed by atoms with Gasteiger partial charge in [-0.1, -0.05) is 20.3 Å². The molecule has 4 amide bonds. The van der Waals surface area contributed by atoms with E-state index in [1.807, 2.05) is 0 Å². The normalized spacial score (nSPS) is 25.0. The zero-order valence-electron chi connectivity index (χ0n) is 20.9. The van der Waals surface area contributed by atoms with Gasteiger partial charge in [0.05, 0.1) is 12.1 Å². The molecule has 1 saturated heterocycles. The number of unbranched alkanes of at least 4 members (excludes halogenated alkanes) is 1. The Bertz CT molecular complexity index is 667. The molecule has 0 radical (unpaired) electrons. The highest BCUT2D eigenvalue weighted by atomic mass is 32.2. The van der Waals surface area contributed by atoms with Gasteiger partial charge in [0, 0.05) is 30.9 Å². The molecule has 1 aliphatic rings. The molecular weight excluding hydrogens is 476 g/mol. The van der Waals surface area contributed by atoms with Crippen molar-refractivity contribution in [3.8, 4) is 0 Å². The summed E-state index contributed by atoms with van der Waals surface area (Å²) in [5.74, 6) is 1.08. The molecule has 0 unspecified atom stereocenters. The van der Waals surface area contributed by atoms with E-state index in [1.165, 1.54) is 6.92 Å². The van der Waals surface area contributed by atoms with Gasteiger partial charge in [0.15, 0.2) is 0 Å². The summed E-state index contributed by atoms with van der Waals surface area (Å²) in [5.41, 5.74) is 0. The number of aliphatic hydroxyl groups is 1. The Labute approximate surface area is 212 Å². The predicted octanol–water partition coefficient (Wildman–Crippen LogP) is 1.04. The predicted molar refractivity (Wildman–Crippen MR) is 139 cm³/mol. The third-order valence-corrected chi connectivity index (χ3v) is 7.84. The van der Waals surface area contributed by atoms with Crippen LogP contribution in [0.4, 0.5) is 0 Å². The third-order valence-electron chi connectivity index (χ3n) is 5.52. The standard InChI is InChI=1S/C23H42N4O5S2/c1-5-6-9-24-21(30)15(2)12-20(29)18-13-33-10-7-8-11-34-14-19(26-17(4)28)23(32)25-16(3)22(31)27-18/h15-16,18-20,29H,5-14H2,1-4H3,(H,24,30)(H,25,32)(H,26,28)(H,27,31)/t15-,16+,18+,19+,20+/m1/s1. The van der Waals surface area contributed by atoms with Gasteiger partial charge in [-0.2, -0.15) is 23.5 Å². The molecule has 5 atom stereocenters. The Balaban J connectivity index is 2.83. The van der Waals surface area contributed by atoms with Crippen molar-refractivity contribution in [2.45, 2.75) is 84.0 Å². The number of carbonyl (C=O) groups is 4. The van der Waals surface area contributed by atoms with Crippen LogP contribution in [0.15, 0.2) is 0 Å². The summed E-state index contributed by atoms with van der Waals surface area (Å²) >= 11 is 3.26. The van der Waals surface area contributed by atoms with Crippen LogP contribution in [0.3, 0.4) is 0 Å². The lowest BCUT2D eigenvalue weighted by atomic mass is 9.98. The lowest BCUT2D eigenvalue weighted by molar-refractivity contribution is -0.131. The number of aliphatic hydroxyl groups excluding tert-OH is 1. The summed E-state index contributed by atoms with van der Waals surface area (Å²) in [6, 6.07) is -2.10. The van der Waals surface area contributed by atoms with Crippen molar-refractivity contribution in [3.05, 3.63) is 0 Å². The average molecular weight is 519 g/mol. The molecule has 1 rings (SSSR count). The van der Waals surface area contributed by atoms with Crippen molar-refractivity contribution >= 4 is 47.2 Å². The first-order valence-electron chi connectivity index (χ1n) is 12.1. The minimum absolute atomic E-state index is 0.106. The Hall–Kier alpha value is -1.46. The van der Waals surface area contributed by atoms with Gasteiger partial charge in [-0.15, -0.1) is 0 Å². The summed E-state index contributed by atoms with van der Waals surface area (Å²) in [6.45, 7) is 7.37. The Kier molecular flexibility index (Phi) is 15.3. The zero-order chi connectivity index (χ0) is 25.5. The van der Waals surface area contributed by atoms with E-state index in [9.17, 15) is 24.3 Å². The largest absolute Gasteiger partial charge is 0.391 e. The lowest BCUT2D eigenvalue weighted by Gasteiger charge is -2.27. The molecule has 34 heavy (non-hydrogen) atoms. The number of amides is 4. The van der Waals surface area contributed by atoms with Gasteiger partial charge in [-0.3, -0.25) is 19.2 Å². The van der Waals surface area contributed by atoms with Crippen molar-refractivity contribution in [2.75, 3.05) is 29.6 Å². The van der Waals surface area contributed by atoms with E-state index in [1.54, 1.807) is 37.4 Å². The zero-order valence-corrected chi connectivity index (χ0v) is 22.5. The fourth-order valence-corrected chi connectivity index (χ4v) is 5.56. The average Bonchev–Trinajstić information content (AvgIpc) is 2.78. The van der Waals surface area contributed by atoms with Crippen LogP contribution in [0.1, 0.15) is 59.8 Å². The maximum Gasteiger partial charge on any atom is 0.244 e. The lowest BCUT2D eigenvalue weighted by Crippen LogP contribution is -2.56. The first kappa shape index (κ1) is 30.6. The highest BCUT2D eigenvalue weighted by Crippen LogP contribution is 2.16. The van der Waals surface area contributed by atoms with E-state index < -0.39 is 42.0 Å². The molecule has 0 aliphatic carbocycles. The molecule has 5 N–H and O–H groups in total. The quantitative estimate of drug-likeness (QED) is 0.303. The maximum atomic E-state index is 12.8. The van der Waals surface area contributed by atoms with E-state index in [2.05, 4.69) is 28.2 Å². The highest BCUT2D eigenvalue weighted by Gasteiger charge is 2.29. The maximum absolute atomic E-state index is 12.8. The van der Waals surface area contributed by atoms with Gasteiger partial charge in [0.25, 0.3) is 0 Å². The molecule has 0 aromatic carbocycles. The van der Waals surface area contributed by atoms with Crippen LogP contribution in [0.25, 0.3) is 0 Å². The molecule has 1 heterocycles. The fraction of sp³-hybridized carbons (Fsp3) is 0.826. The second-order valence-electron chi connectivity index (χ2n) is 8.80. The molecule has 0 saturated carbocycles. The van der Waals surface area contributed by atoms with Crippen LogP contribution in [0.5, 0.6) is 0 Å². The number of hydrogen-bond donors (Lipinski definition) is 5. The Morgan fingerprint density at radius 3 is 2.38 bits per heavy atom. The third kappa shape index (κ3) is 12.3. The van der Waals surface area contributed by atoms with Crippen molar-refractivity contribution < 1.29 is 24.3 Å². The molecule has 0 bridgehead atoms. The summed E-state index contributed by atoms with van der Waals surface area (Å²) in [6.07, 6.45) is 3.16. The van der Waals surface area contributed by atoms with Crippen LogP contribution < -0.4 is 21.3 Å². The molecule has 11 heteroatoms. The van der Waals surface area contributed by atoms with Crippen LogP contribution in [-0.4, -0.2) is 82.5 Å². The molecule has 0 aromatic heterocycles. The highest BCUT2D eigenvalue weighted by molar-refractivity contribution is 7.99. The number of thioether (sulfide) groups is 2. The minimum Gasteiger partial charge on any atom is -0.391 e. The number of rotatable bonds is 8. The molecule has 0 aromatic rings. The summed E-state index contributed by atoms with van der Waals surface area (Å²) < 4.78 is 0. The second kappa shape index (κ2) is 17.0. The number of carbonyl (C=O) groups excluding carboxylic acids is 4. The van der Waals surface area contributed by atoms with Crippen LogP contribution >= 0.6 is 23.5 Å². The van der Waals surface area contributed by atoms with E-state index in [0.717, 1.165) is 37.2 Å². The van der Waals surface area contributed by atoms with E-state index in [0.29, 0.717) is 18.1 Å². The molecular formula is C23H42N4O5S2. The van der Waals surface area contributed by atoms with E-state index in [4.69, 9.17) is 0 Å². The molecule has 1 fully saturated rings. The SMILES string of the molecule is CCCCNC(=O)[C@H](C)C[C@H](O)[C@@H]1CSCCCCSC[C@H](NC(C)=O)C(=O)N[C@@H](C)C(=O)N1. The molecule has 196 valence electrons. The monoisotopic (exact) mass is 518 g/mol. The van der Waals surface area contributed by atoms with Gasteiger partial charge < -0.3 is 26.4 Å². The van der Waals surface area contributed by atoms with Gasteiger partial charge in [0.1, 0.15) is 12.1 Å². The van der Waals surface area contributed by atoms with Gasteiger partial charge >= 0.3 is 0 Å². The molecule has 0 spiro atoms. The first-order valence-corrected chi connectivity index (χ1v) is 14.5. The second-order valence-corrected chi connectivity index (χ2v) is 11.1. The smallest absolute Gasteiger partial charge is 0.244 e. The molecule has 1 aliphatic heterocycles. The van der Waals surface area contributed by atoms with Crippen LogP contribution in [0, 0.1) is 5.92 Å². The van der Waals surface area contributed by atoms with Crippen molar-refractivity contribution in [3.63, 3.8) is 0 Å². The van der Waals surface area contributed by atoms with Gasteiger partial charge in [-0.05, 0) is 44.1 Å². The number of hydrogen-bond acceptors (Lipinski definition) is 7. The summed E-state index contributed by atoms with van der Waals surface area (Å²) in [4.78, 5) is 49.3. The van der Waals surface area contributed by atoms with Crippen molar-refractivity contribution in [1.29, 1.82) is 0 Å². The topological polar surface area (TPSA) is 137 Å². The first-order chi connectivity index (χ1) is 16.1. The summed E-state index contributed by atoms with van der Waals surface area (Å²) in [7, 11) is 0. The Morgan fingerprint density at radius 1 is 1.12 bits per heavy atom. The van der Waals surface area contributed by atoms with E-state index in [-0.39, 0.29) is 18.2 Å². The summed E-state index contributed by atoms with van der Waals surface area (Å²) in [5, 5.41) is 21.9. The fourth-order valence-electron chi connectivity index (χ4n) is 3.38. The Morgan fingerprint density at radius 2 is 1.76 bits per heavy atom. The minimum atomic E-state index is -0.898. The van der Waals surface area contributed by atoms with Crippen molar-refractivity contribution in [1.82, 2.24) is 21.3 Å². The van der Waals surface area contributed by atoms with Crippen molar-refractivity contribution in [2.24, 2.45) is 5.92 Å². The van der Waals surface area contributed by atoms with Gasteiger partial charge in [-0.25, -0.2) is 0 Å². The van der Waals surface area contributed by atoms with Crippen LogP contribution in [0.2, 0.25) is 0 Å². The van der Waals surface area contributed by atoms with Crippen LogP contribution in [-0.2, 0) is 19.2 Å². The van der Waals surface area contributed by atoms with E-state index >= 15 is 0 Å². The number of nitrogens with one attached hydrogen (secondary N) is 4. The molecule has 9 nitrogen and oxygen atoms in total.